The molecule has 88 valence electrons. The molecule has 2 heteroatoms. The molecule has 0 unspecified atom stereocenters. The molecule has 2 rings (SSSR count). The summed E-state index contributed by atoms with van der Waals surface area (Å²) in [6.07, 6.45) is 2.21. The predicted molar refractivity (Wildman–Crippen MR) is 68.2 cm³/mol. The minimum absolute atomic E-state index is 0.361. The third kappa shape index (κ3) is 2.45. The number of benzene rings is 1. The SMILES string of the molecule is CC(C)N1CC[C@@H](N)C[C@H]1c1ccccc1. The number of nitrogens with zero attached hydrogens (tertiary/aromatic N) is 1. The van der Waals surface area contributed by atoms with Gasteiger partial charge in [0, 0.05) is 24.7 Å². The molecule has 2 N–H and O–H groups in total. The van der Waals surface area contributed by atoms with E-state index < -0.39 is 0 Å². The van der Waals surface area contributed by atoms with E-state index in [9.17, 15) is 0 Å². The summed E-state index contributed by atoms with van der Waals surface area (Å²) in [7, 11) is 0. The van der Waals surface area contributed by atoms with Crippen LogP contribution in [0, 0.1) is 0 Å². The van der Waals surface area contributed by atoms with Gasteiger partial charge in [-0.25, -0.2) is 0 Å². The molecule has 0 saturated carbocycles. The van der Waals surface area contributed by atoms with Crippen molar-refractivity contribution >= 4 is 0 Å². The van der Waals surface area contributed by atoms with Gasteiger partial charge in [-0.2, -0.15) is 0 Å². The van der Waals surface area contributed by atoms with Crippen molar-refractivity contribution in [1.29, 1.82) is 0 Å². The smallest absolute Gasteiger partial charge is 0.0365 e. The van der Waals surface area contributed by atoms with Crippen LogP contribution < -0.4 is 5.73 Å². The second-order valence-electron chi connectivity index (χ2n) is 5.04. The van der Waals surface area contributed by atoms with Crippen LogP contribution in [0.5, 0.6) is 0 Å². The highest BCUT2D eigenvalue weighted by Gasteiger charge is 2.29. The molecule has 0 bridgehead atoms. The summed E-state index contributed by atoms with van der Waals surface area (Å²) in [6, 6.07) is 12.2. The van der Waals surface area contributed by atoms with Gasteiger partial charge in [-0.05, 0) is 32.3 Å². The van der Waals surface area contributed by atoms with E-state index in [1.54, 1.807) is 0 Å². The van der Waals surface area contributed by atoms with Crippen LogP contribution in [0.25, 0.3) is 0 Å². The van der Waals surface area contributed by atoms with Gasteiger partial charge in [0.05, 0.1) is 0 Å². The van der Waals surface area contributed by atoms with E-state index in [4.69, 9.17) is 5.73 Å². The monoisotopic (exact) mass is 218 g/mol. The summed E-state index contributed by atoms with van der Waals surface area (Å²) in [5.41, 5.74) is 7.51. The first kappa shape index (κ1) is 11.6. The Hall–Kier alpha value is -0.860. The average Bonchev–Trinajstić information content (AvgIpc) is 2.29. The van der Waals surface area contributed by atoms with Gasteiger partial charge < -0.3 is 5.73 Å². The lowest BCUT2D eigenvalue weighted by atomic mass is 9.91. The fourth-order valence-electron chi connectivity index (χ4n) is 2.63. The van der Waals surface area contributed by atoms with E-state index >= 15 is 0 Å². The summed E-state index contributed by atoms with van der Waals surface area (Å²) in [5, 5.41) is 0. The predicted octanol–water partition coefficient (Wildman–Crippen LogP) is 2.56. The van der Waals surface area contributed by atoms with Crippen molar-refractivity contribution in [2.75, 3.05) is 6.54 Å². The highest BCUT2D eigenvalue weighted by molar-refractivity contribution is 5.20. The van der Waals surface area contributed by atoms with Crippen LogP contribution in [0.3, 0.4) is 0 Å². The molecular formula is C14H22N2. The molecular weight excluding hydrogens is 196 g/mol. The zero-order valence-electron chi connectivity index (χ0n) is 10.3. The van der Waals surface area contributed by atoms with Crippen LogP contribution in [-0.4, -0.2) is 23.5 Å². The van der Waals surface area contributed by atoms with Crippen molar-refractivity contribution in [3.8, 4) is 0 Å². The Labute approximate surface area is 98.4 Å². The number of hydrogen-bond acceptors (Lipinski definition) is 2. The summed E-state index contributed by atoms with van der Waals surface area (Å²) < 4.78 is 0. The van der Waals surface area contributed by atoms with Crippen molar-refractivity contribution in [1.82, 2.24) is 4.90 Å². The van der Waals surface area contributed by atoms with Crippen LogP contribution >= 0.6 is 0 Å². The topological polar surface area (TPSA) is 29.3 Å². The quantitative estimate of drug-likeness (QED) is 0.826. The zero-order valence-corrected chi connectivity index (χ0v) is 10.3. The van der Waals surface area contributed by atoms with Crippen molar-refractivity contribution in [3.05, 3.63) is 35.9 Å². The van der Waals surface area contributed by atoms with Crippen molar-refractivity contribution in [3.63, 3.8) is 0 Å². The molecule has 2 atom stereocenters. The van der Waals surface area contributed by atoms with E-state index in [1.807, 2.05) is 0 Å². The summed E-state index contributed by atoms with van der Waals surface area (Å²) in [6.45, 7) is 5.66. The average molecular weight is 218 g/mol. The van der Waals surface area contributed by atoms with E-state index in [0.29, 0.717) is 18.1 Å². The van der Waals surface area contributed by atoms with Gasteiger partial charge in [0.15, 0.2) is 0 Å². The van der Waals surface area contributed by atoms with Crippen LogP contribution in [0.1, 0.15) is 38.3 Å². The first-order chi connectivity index (χ1) is 7.68. The van der Waals surface area contributed by atoms with Crippen molar-refractivity contribution in [2.45, 2.75) is 44.8 Å². The lowest BCUT2D eigenvalue weighted by Gasteiger charge is -2.41. The highest BCUT2D eigenvalue weighted by atomic mass is 15.2. The number of rotatable bonds is 2. The van der Waals surface area contributed by atoms with Gasteiger partial charge in [0.25, 0.3) is 0 Å². The lowest BCUT2D eigenvalue weighted by molar-refractivity contribution is 0.101. The molecule has 0 amide bonds. The van der Waals surface area contributed by atoms with Crippen molar-refractivity contribution < 1.29 is 0 Å². The minimum atomic E-state index is 0.361. The Balaban J connectivity index is 2.21. The Kier molecular flexibility index (Phi) is 3.62. The summed E-state index contributed by atoms with van der Waals surface area (Å²) >= 11 is 0. The molecule has 0 radical (unpaired) electrons. The van der Waals surface area contributed by atoms with Crippen molar-refractivity contribution in [2.24, 2.45) is 5.73 Å². The maximum atomic E-state index is 6.10. The molecule has 16 heavy (non-hydrogen) atoms. The molecule has 1 aromatic rings. The first-order valence-corrected chi connectivity index (χ1v) is 6.24. The van der Waals surface area contributed by atoms with E-state index in [1.165, 1.54) is 5.56 Å². The standard InChI is InChI=1S/C14H22N2/c1-11(2)16-9-8-13(15)10-14(16)12-6-4-3-5-7-12/h3-7,11,13-14H,8-10,15H2,1-2H3/t13-,14+/m1/s1. The number of nitrogens with two attached hydrogens (primary N) is 1. The van der Waals surface area contributed by atoms with Gasteiger partial charge >= 0.3 is 0 Å². The molecule has 1 aliphatic rings. The van der Waals surface area contributed by atoms with E-state index in [0.717, 1.165) is 19.4 Å². The normalized spacial score (nSPS) is 27.2. The molecule has 1 fully saturated rings. The van der Waals surface area contributed by atoms with E-state index in [-0.39, 0.29) is 0 Å². The second-order valence-corrected chi connectivity index (χ2v) is 5.04. The minimum Gasteiger partial charge on any atom is -0.328 e. The number of piperidine rings is 1. The fourth-order valence-corrected chi connectivity index (χ4v) is 2.63. The molecule has 0 aromatic heterocycles. The third-order valence-corrected chi connectivity index (χ3v) is 3.53. The molecule has 2 nitrogen and oxygen atoms in total. The Bertz CT molecular complexity index is 321. The maximum absolute atomic E-state index is 6.10. The molecule has 0 spiro atoms. The first-order valence-electron chi connectivity index (χ1n) is 6.24. The Morgan fingerprint density at radius 1 is 1.25 bits per heavy atom. The second kappa shape index (κ2) is 4.98. The largest absolute Gasteiger partial charge is 0.328 e. The van der Waals surface area contributed by atoms with Crippen LogP contribution in [-0.2, 0) is 0 Å². The van der Waals surface area contributed by atoms with Gasteiger partial charge in [0.2, 0.25) is 0 Å². The fraction of sp³-hybridized carbons (Fsp3) is 0.571. The van der Waals surface area contributed by atoms with E-state index in [2.05, 4.69) is 49.1 Å². The van der Waals surface area contributed by atoms with Crippen LogP contribution in [0.2, 0.25) is 0 Å². The molecule has 1 aliphatic heterocycles. The van der Waals surface area contributed by atoms with Crippen LogP contribution in [0.4, 0.5) is 0 Å². The Morgan fingerprint density at radius 2 is 1.94 bits per heavy atom. The molecule has 1 saturated heterocycles. The summed E-state index contributed by atoms with van der Waals surface area (Å²) in [4.78, 5) is 2.57. The molecule has 0 aliphatic carbocycles. The summed E-state index contributed by atoms with van der Waals surface area (Å²) in [5.74, 6) is 0. The number of likely N-dealkylation sites (tertiary alicyclic amines) is 1. The molecule has 1 aromatic carbocycles. The Morgan fingerprint density at radius 3 is 2.56 bits per heavy atom. The number of hydrogen-bond donors (Lipinski definition) is 1. The maximum Gasteiger partial charge on any atom is 0.0365 e. The third-order valence-electron chi connectivity index (χ3n) is 3.53. The van der Waals surface area contributed by atoms with Gasteiger partial charge in [-0.15, -0.1) is 0 Å². The van der Waals surface area contributed by atoms with Gasteiger partial charge in [0.1, 0.15) is 0 Å². The lowest BCUT2D eigenvalue weighted by Crippen LogP contribution is -2.45. The highest BCUT2D eigenvalue weighted by Crippen LogP contribution is 2.31. The van der Waals surface area contributed by atoms with Gasteiger partial charge in [-0.3, -0.25) is 4.90 Å². The van der Waals surface area contributed by atoms with Gasteiger partial charge in [-0.1, -0.05) is 30.3 Å². The zero-order chi connectivity index (χ0) is 11.5. The molecule has 1 heterocycles. The van der Waals surface area contributed by atoms with Crippen LogP contribution in [0.15, 0.2) is 30.3 Å².